The SMILES string of the molecule is c1cc(N=Nc2ccc(CN3CC4CC5CC(C4)CC3C5)cc2)ccc1CN1CC2CC3CC(C2)CC1C3. The van der Waals surface area contributed by atoms with Crippen LogP contribution < -0.4 is 0 Å². The van der Waals surface area contributed by atoms with E-state index >= 15 is 0 Å². The van der Waals surface area contributed by atoms with Crippen molar-refractivity contribution in [2.45, 2.75) is 89.4 Å². The first-order valence-corrected chi connectivity index (χ1v) is 15.8. The van der Waals surface area contributed by atoms with Gasteiger partial charge in [0, 0.05) is 38.3 Å². The van der Waals surface area contributed by atoms with E-state index in [0.29, 0.717) is 0 Å². The highest BCUT2D eigenvalue weighted by Gasteiger charge is 2.43. The zero-order valence-electron chi connectivity index (χ0n) is 22.9. The van der Waals surface area contributed by atoms with Crippen molar-refractivity contribution in [2.24, 2.45) is 45.7 Å². The van der Waals surface area contributed by atoms with Crippen molar-refractivity contribution >= 4 is 11.4 Å². The third-order valence-electron chi connectivity index (χ3n) is 11.4. The van der Waals surface area contributed by atoms with E-state index in [2.05, 4.69) is 68.6 Å². The first-order chi connectivity index (χ1) is 18.7. The minimum Gasteiger partial charge on any atom is -0.296 e. The molecule has 4 nitrogen and oxygen atoms in total. The van der Waals surface area contributed by atoms with Crippen LogP contribution in [0.2, 0.25) is 0 Å². The monoisotopic (exact) mass is 508 g/mol. The van der Waals surface area contributed by atoms with Crippen LogP contribution in [0.15, 0.2) is 58.8 Å². The first kappa shape index (κ1) is 23.8. The lowest BCUT2D eigenvalue weighted by Gasteiger charge is -2.39. The van der Waals surface area contributed by atoms with Crippen LogP contribution in [0.3, 0.4) is 0 Å². The molecule has 8 bridgehead atoms. The summed E-state index contributed by atoms with van der Waals surface area (Å²) in [5, 5.41) is 9.13. The fraction of sp³-hybridized carbons (Fsp3) is 0.647. The fourth-order valence-electron chi connectivity index (χ4n) is 10.1. The molecule has 4 atom stereocenters. The second-order valence-electron chi connectivity index (χ2n) is 14.3. The van der Waals surface area contributed by atoms with Gasteiger partial charge in [0.25, 0.3) is 0 Å². The molecule has 0 aromatic heterocycles. The molecule has 4 heteroatoms. The van der Waals surface area contributed by atoms with Gasteiger partial charge < -0.3 is 0 Å². The summed E-state index contributed by atoms with van der Waals surface area (Å²) < 4.78 is 0. The second-order valence-corrected chi connectivity index (χ2v) is 14.3. The Kier molecular flexibility index (Phi) is 6.18. The van der Waals surface area contributed by atoms with Crippen molar-refractivity contribution in [2.75, 3.05) is 13.1 Å². The summed E-state index contributed by atoms with van der Waals surface area (Å²) in [5.41, 5.74) is 4.74. The number of azo groups is 1. The number of hydrogen-bond acceptors (Lipinski definition) is 4. The average molecular weight is 509 g/mol. The van der Waals surface area contributed by atoms with Gasteiger partial charge in [-0.2, -0.15) is 10.2 Å². The molecule has 38 heavy (non-hydrogen) atoms. The normalized spacial score (nSPS) is 38.2. The van der Waals surface area contributed by atoms with Crippen molar-refractivity contribution in [3.63, 3.8) is 0 Å². The van der Waals surface area contributed by atoms with Gasteiger partial charge in [-0.05, 0) is 135 Å². The standard InChI is InChI=1S/C34H44N4/c1-5-31(6-2-23(1)19-37-21-29-11-25-9-26(12-29)16-33(37)15-25)35-36-32-7-3-24(4-8-32)20-38-22-30-13-27-10-28(14-30)18-34(38)17-27/h1-8,25-30,33-34H,9-22H2. The fourth-order valence-corrected chi connectivity index (χ4v) is 10.1. The van der Waals surface area contributed by atoms with Gasteiger partial charge in [-0.3, -0.25) is 9.80 Å². The summed E-state index contributed by atoms with van der Waals surface area (Å²) in [7, 11) is 0. The summed E-state index contributed by atoms with van der Waals surface area (Å²) in [6.07, 6.45) is 14.8. The molecule has 0 radical (unpaired) electrons. The van der Waals surface area contributed by atoms with E-state index in [1.54, 1.807) is 0 Å². The predicted octanol–water partition coefficient (Wildman–Crippen LogP) is 8.12. The Balaban J connectivity index is 0.878. The topological polar surface area (TPSA) is 31.2 Å². The molecule has 0 spiro atoms. The van der Waals surface area contributed by atoms with E-state index in [-0.39, 0.29) is 0 Å². The molecular weight excluding hydrogens is 464 g/mol. The minimum absolute atomic E-state index is 0.818. The molecule has 10 rings (SSSR count). The molecule has 0 amide bonds. The molecule has 2 aromatic carbocycles. The van der Waals surface area contributed by atoms with Crippen LogP contribution in [0.5, 0.6) is 0 Å². The summed E-state index contributed by atoms with van der Waals surface area (Å²) in [6, 6.07) is 19.3. The number of hydrogen-bond donors (Lipinski definition) is 0. The highest BCUT2D eigenvalue weighted by molar-refractivity contribution is 5.42. The molecule has 4 saturated carbocycles. The molecule has 2 aromatic rings. The zero-order chi connectivity index (χ0) is 25.1. The molecule has 4 aliphatic carbocycles. The molecule has 4 saturated heterocycles. The van der Waals surface area contributed by atoms with Crippen LogP contribution >= 0.6 is 0 Å². The van der Waals surface area contributed by atoms with Crippen molar-refractivity contribution < 1.29 is 0 Å². The lowest BCUT2D eigenvalue weighted by molar-refractivity contribution is 0.122. The summed E-state index contributed by atoms with van der Waals surface area (Å²) in [6.45, 7) is 4.82. The Morgan fingerprint density at radius 2 is 0.789 bits per heavy atom. The number of fused-ring (bicyclic) bond motifs is 2. The van der Waals surface area contributed by atoms with E-state index in [9.17, 15) is 0 Å². The van der Waals surface area contributed by atoms with E-state index in [4.69, 9.17) is 0 Å². The summed E-state index contributed by atoms with van der Waals surface area (Å²) in [4.78, 5) is 5.62. The summed E-state index contributed by atoms with van der Waals surface area (Å²) in [5.74, 6) is 5.94. The largest absolute Gasteiger partial charge is 0.296 e. The first-order valence-electron chi connectivity index (χ1n) is 15.8. The highest BCUT2D eigenvalue weighted by atomic mass is 15.2. The van der Waals surface area contributed by atoms with Gasteiger partial charge in [0.1, 0.15) is 0 Å². The van der Waals surface area contributed by atoms with E-state index < -0.39 is 0 Å². The lowest BCUT2D eigenvalue weighted by atomic mass is 9.68. The maximum atomic E-state index is 4.56. The van der Waals surface area contributed by atoms with Crippen LogP contribution in [0, 0.1) is 35.5 Å². The number of benzene rings is 2. The molecule has 4 heterocycles. The molecule has 4 aliphatic heterocycles. The molecule has 8 fully saturated rings. The third kappa shape index (κ3) is 4.88. The van der Waals surface area contributed by atoms with E-state index in [0.717, 1.165) is 72.1 Å². The van der Waals surface area contributed by atoms with Crippen LogP contribution in [-0.4, -0.2) is 35.0 Å². The van der Waals surface area contributed by atoms with Crippen molar-refractivity contribution in [3.8, 4) is 0 Å². The predicted molar refractivity (Wildman–Crippen MR) is 153 cm³/mol. The van der Waals surface area contributed by atoms with Gasteiger partial charge in [-0.15, -0.1) is 0 Å². The van der Waals surface area contributed by atoms with Gasteiger partial charge >= 0.3 is 0 Å². The van der Waals surface area contributed by atoms with Gasteiger partial charge in [0.2, 0.25) is 0 Å². The van der Waals surface area contributed by atoms with Crippen LogP contribution in [0.4, 0.5) is 11.4 Å². The highest BCUT2D eigenvalue weighted by Crippen LogP contribution is 2.49. The third-order valence-corrected chi connectivity index (χ3v) is 11.4. The molecule has 0 N–H and O–H groups in total. The van der Waals surface area contributed by atoms with Gasteiger partial charge in [0.05, 0.1) is 11.4 Å². The maximum absolute atomic E-state index is 4.56. The molecule has 200 valence electrons. The quantitative estimate of drug-likeness (QED) is 0.369. The average Bonchev–Trinajstić information content (AvgIpc) is 3.22. The Bertz CT molecular complexity index is 1040. The maximum Gasteiger partial charge on any atom is 0.0857 e. The van der Waals surface area contributed by atoms with Gasteiger partial charge in [0.15, 0.2) is 0 Å². The molecule has 4 unspecified atom stereocenters. The van der Waals surface area contributed by atoms with Crippen LogP contribution in [0.1, 0.15) is 75.3 Å². The van der Waals surface area contributed by atoms with Gasteiger partial charge in [-0.1, -0.05) is 24.3 Å². The minimum atomic E-state index is 0.818. The van der Waals surface area contributed by atoms with E-state index in [1.165, 1.54) is 88.4 Å². The van der Waals surface area contributed by atoms with E-state index in [1.807, 2.05) is 0 Å². The van der Waals surface area contributed by atoms with Crippen molar-refractivity contribution in [3.05, 3.63) is 59.7 Å². The number of nitrogens with zero attached hydrogens (tertiary/aromatic N) is 4. The van der Waals surface area contributed by atoms with Gasteiger partial charge in [-0.25, -0.2) is 0 Å². The van der Waals surface area contributed by atoms with Crippen LogP contribution in [0.25, 0.3) is 0 Å². The second kappa shape index (κ2) is 9.86. The molecular formula is C34H44N4. The number of rotatable bonds is 6. The van der Waals surface area contributed by atoms with Crippen molar-refractivity contribution in [1.29, 1.82) is 0 Å². The Morgan fingerprint density at radius 3 is 1.16 bits per heavy atom. The lowest BCUT2D eigenvalue weighted by Crippen LogP contribution is -2.37. The molecule has 8 aliphatic rings. The Labute approximate surface area is 228 Å². The summed E-state index contributed by atoms with van der Waals surface area (Å²) >= 11 is 0. The Morgan fingerprint density at radius 1 is 0.447 bits per heavy atom. The van der Waals surface area contributed by atoms with Crippen LogP contribution in [-0.2, 0) is 13.1 Å². The zero-order valence-corrected chi connectivity index (χ0v) is 22.9. The Hall–Kier alpha value is -2.04. The smallest absolute Gasteiger partial charge is 0.0857 e. The van der Waals surface area contributed by atoms with Crippen molar-refractivity contribution in [1.82, 2.24) is 9.80 Å².